The van der Waals surface area contributed by atoms with Crippen molar-refractivity contribution in [3.05, 3.63) is 18.0 Å². The van der Waals surface area contributed by atoms with E-state index in [1.807, 2.05) is 20.8 Å². The van der Waals surface area contributed by atoms with E-state index < -0.39 is 6.10 Å². The molecule has 0 aliphatic rings. The number of carbonyl (C=O) groups is 1. The van der Waals surface area contributed by atoms with Crippen LogP contribution in [0.15, 0.2) is 12.3 Å². The zero-order valence-corrected chi connectivity index (χ0v) is 12.0. The fourth-order valence-electron chi connectivity index (χ4n) is 2.27. The van der Waals surface area contributed by atoms with Gasteiger partial charge in [-0.05, 0) is 18.9 Å². The molecule has 0 aromatic carbocycles. The smallest absolute Gasteiger partial charge is 0.268 e. The second-order valence-electron chi connectivity index (χ2n) is 4.80. The van der Waals surface area contributed by atoms with Crippen molar-refractivity contribution >= 4 is 11.6 Å². The molecule has 1 aromatic heterocycles. The predicted molar refractivity (Wildman–Crippen MR) is 76.9 cm³/mol. The van der Waals surface area contributed by atoms with Crippen LogP contribution in [-0.2, 0) is 6.54 Å². The summed E-state index contributed by atoms with van der Waals surface area (Å²) in [6.07, 6.45) is 3.06. The Kier molecular flexibility index (Phi) is 5.89. The van der Waals surface area contributed by atoms with E-state index in [2.05, 4.69) is 5.32 Å². The van der Waals surface area contributed by atoms with Gasteiger partial charge in [-0.25, -0.2) is 0 Å². The number of nitrogen functional groups attached to an aromatic ring is 1. The van der Waals surface area contributed by atoms with Crippen LogP contribution in [0.3, 0.4) is 0 Å². The summed E-state index contributed by atoms with van der Waals surface area (Å²) in [6, 6.07) is 1.66. The van der Waals surface area contributed by atoms with Gasteiger partial charge in [0.2, 0.25) is 0 Å². The van der Waals surface area contributed by atoms with Crippen LogP contribution in [0.4, 0.5) is 5.69 Å². The van der Waals surface area contributed by atoms with E-state index in [1.54, 1.807) is 16.8 Å². The molecule has 0 saturated carbocycles. The third kappa shape index (κ3) is 3.99. The van der Waals surface area contributed by atoms with Gasteiger partial charge in [0, 0.05) is 19.3 Å². The Labute approximate surface area is 114 Å². The summed E-state index contributed by atoms with van der Waals surface area (Å²) in [6.45, 7) is 7.01. The summed E-state index contributed by atoms with van der Waals surface area (Å²) in [5.74, 6) is 0.0342. The van der Waals surface area contributed by atoms with E-state index >= 15 is 0 Å². The SMILES string of the molecule is CCC(CC)C(O)CNC(=O)c1cc(N)cn1CC. The Bertz CT molecular complexity index is 411. The quantitative estimate of drug-likeness (QED) is 0.702. The molecule has 0 saturated heterocycles. The molecule has 5 heteroatoms. The Morgan fingerprint density at radius 2 is 2.05 bits per heavy atom. The molecule has 0 spiro atoms. The summed E-state index contributed by atoms with van der Waals surface area (Å²) in [5, 5.41) is 12.8. The number of hydrogen-bond donors (Lipinski definition) is 3. The molecule has 1 rings (SSSR count). The Morgan fingerprint density at radius 1 is 1.42 bits per heavy atom. The highest BCUT2D eigenvalue weighted by Crippen LogP contribution is 2.13. The maximum Gasteiger partial charge on any atom is 0.268 e. The second kappa shape index (κ2) is 7.19. The molecule has 0 aliphatic heterocycles. The van der Waals surface area contributed by atoms with Gasteiger partial charge < -0.3 is 20.7 Å². The Hall–Kier alpha value is -1.49. The molecule has 1 heterocycles. The predicted octanol–water partition coefficient (Wildman–Crippen LogP) is 1.62. The molecule has 1 amide bonds. The molecule has 0 bridgehead atoms. The first kappa shape index (κ1) is 15.6. The first-order chi connectivity index (χ1) is 9.03. The zero-order valence-electron chi connectivity index (χ0n) is 12.0. The van der Waals surface area contributed by atoms with Gasteiger partial charge in [-0.1, -0.05) is 26.7 Å². The van der Waals surface area contributed by atoms with Crippen molar-refractivity contribution in [2.75, 3.05) is 12.3 Å². The minimum Gasteiger partial charge on any atom is -0.397 e. The number of aliphatic hydroxyl groups is 1. The average Bonchev–Trinajstić information content (AvgIpc) is 2.78. The average molecular weight is 267 g/mol. The molecule has 5 nitrogen and oxygen atoms in total. The number of nitrogens with one attached hydrogen (secondary N) is 1. The van der Waals surface area contributed by atoms with Crippen molar-refractivity contribution in [3.8, 4) is 0 Å². The first-order valence-electron chi connectivity index (χ1n) is 6.95. The van der Waals surface area contributed by atoms with E-state index in [4.69, 9.17) is 5.73 Å². The van der Waals surface area contributed by atoms with Crippen LogP contribution >= 0.6 is 0 Å². The number of amides is 1. The molecule has 19 heavy (non-hydrogen) atoms. The number of nitrogens with zero attached hydrogens (tertiary/aromatic N) is 1. The van der Waals surface area contributed by atoms with Crippen LogP contribution in [-0.4, -0.2) is 28.2 Å². The molecular weight excluding hydrogens is 242 g/mol. The molecule has 108 valence electrons. The fourth-order valence-corrected chi connectivity index (χ4v) is 2.27. The molecular formula is C14H25N3O2. The lowest BCUT2D eigenvalue weighted by atomic mass is 9.96. The molecule has 0 fully saturated rings. The van der Waals surface area contributed by atoms with Crippen LogP contribution in [0.5, 0.6) is 0 Å². The lowest BCUT2D eigenvalue weighted by Gasteiger charge is -2.20. The highest BCUT2D eigenvalue weighted by atomic mass is 16.3. The number of aromatic nitrogens is 1. The number of rotatable bonds is 7. The van der Waals surface area contributed by atoms with Crippen LogP contribution in [0.25, 0.3) is 0 Å². The zero-order chi connectivity index (χ0) is 14.4. The maximum absolute atomic E-state index is 12.0. The van der Waals surface area contributed by atoms with E-state index in [1.165, 1.54) is 0 Å². The van der Waals surface area contributed by atoms with E-state index in [0.29, 0.717) is 17.9 Å². The van der Waals surface area contributed by atoms with Crippen molar-refractivity contribution in [1.29, 1.82) is 0 Å². The van der Waals surface area contributed by atoms with Crippen molar-refractivity contribution < 1.29 is 9.90 Å². The topological polar surface area (TPSA) is 80.3 Å². The van der Waals surface area contributed by atoms with Crippen molar-refractivity contribution in [3.63, 3.8) is 0 Å². The summed E-state index contributed by atoms with van der Waals surface area (Å²) >= 11 is 0. The van der Waals surface area contributed by atoms with Gasteiger partial charge in [0.25, 0.3) is 5.91 Å². The number of nitrogens with two attached hydrogens (primary N) is 1. The highest BCUT2D eigenvalue weighted by Gasteiger charge is 2.18. The van der Waals surface area contributed by atoms with Gasteiger partial charge in [-0.2, -0.15) is 0 Å². The van der Waals surface area contributed by atoms with Gasteiger partial charge in [0.15, 0.2) is 0 Å². The fraction of sp³-hybridized carbons (Fsp3) is 0.643. The maximum atomic E-state index is 12.0. The number of anilines is 1. The summed E-state index contributed by atoms with van der Waals surface area (Å²) < 4.78 is 1.80. The summed E-state index contributed by atoms with van der Waals surface area (Å²) in [4.78, 5) is 12.0. The largest absolute Gasteiger partial charge is 0.397 e. The van der Waals surface area contributed by atoms with Crippen LogP contribution < -0.4 is 11.1 Å². The van der Waals surface area contributed by atoms with Crippen LogP contribution in [0.2, 0.25) is 0 Å². The van der Waals surface area contributed by atoms with Gasteiger partial charge in [-0.3, -0.25) is 4.79 Å². The summed E-state index contributed by atoms with van der Waals surface area (Å²) in [5.41, 5.74) is 6.80. The van der Waals surface area contributed by atoms with Gasteiger partial charge in [-0.15, -0.1) is 0 Å². The van der Waals surface area contributed by atoms with Gasteiger partial charge in [0.05, 0.1) is 11.8 Å². The highest BCUT2D eigenvalue weighted by molar-refractivity contribution is 5.93. The van der Waals surface area contributed by atoms with Gasteiger partial charge >= 0.3 is 0 Å². The van der Waals surface area contributed by atoms with Crippen LogP contribution in [0, 0.1) is 5.92 Å². The van der Waals surface area contributed by atoms with E-state index in [9.17, 15) is 9.90 Å². The summed E-state index contributed by atoms with van der Waals surface area (Å²) in [7, 11) is 0. The van der Waals surface area contributed by atoms with Gasteiger partial charge in [0.1, 0.15) is 5.69 Å². The molecule has 0 aliphatic carbocycles. The second-order valence-corrected chi connectivity index (χ2v) is 4.80. The minimum absolute atomic E-state index is 0.191. The third-order valence-corrected chi connectivity index (χ3v) is 3.56. The standard InChI is InChI=1S/C14H25N3O2/c1-4-10(5-2)13(18)8-16-14(19)12-7-11(15)9-17(12)6-3/h7,9-10,13,18H,4-6,8,15H2,1-3H3,(H,16,19). The van der Waals surface area contributed by atoms with Crippen LogP contribution in [0.1, 0.15) is 44.1 Å². The van der Waals surface area contributed by atoms with E-state index in [-0.39, 0.29) is 18.4 Å². The van der Waals surface area contributed by atoms with Crippen molar-refractivity contribution in [2.45, 2.75) is 46.3 Å². The van der Waals surface area contributed by atoms with Crippen molar-refractivity contribution in [1.82, 2.24) is 9.88 Å². The minimum atomic E-state index is -0.499. The number of hydrogen-bond acceptors (Lipinski definition) is 3. The van der Waals surface area contributed by atoms with Crippen molar-refractivity contribution in [2.24, 2.45) is 5.92 Å². The molecule has 4 N–H and O–H groups in total. The lowest BCUT2D eigenvalue weighted by molar-refractivity contribution is 0.0810. The third-order valence-electron chi connectivity index (χ3n) is 3.56. The van der Waals surface area contributed by atoms with E-state index in [0.717, 1.165) is 12.8 Å². The number of carbonyl (C=O) groups excluding carboxylic acids is 1. The molecule has 1 aromatic rings. The Morgan fingerprint density at radius 3 is 2.58 bits per heavy atom. The molecule has 1 atom stereocenters. The molecule has 1 unspecified atom stereocenters. The lowest BCUT2D eigenvalue weighted by Crippen LogP contribution is -2.36. The normalized spacial score (nSPS) is 12.7. The number of aryl methyl sites for hydroxylation is 1. The monoisotopic (exact) mass is 267 g/mol. The first-order valence-corrected chi connectivity index (χ1v) is 6.95. The molecule has 0 radical (unpaired) electrons. The Balaban J connectivity index is 2.60. The number of aliphatic hydroxyl groups excluding tert-OH is 1.